The molecule has 2 saturated heterocycles. The molecule has 0 saturated carbocycles. The minimum absolute atomic E-state index is 0.211. The van der Waals surface area contributed by atoms with Gasteiger partial charge < -0.3 is 19.3 Å². The van der Waals surface area contributed by atoms with Gasteiger partial charge in [0.1, 0.15) is 11.5 Å². The lowest BCUT2D eigenvalue weighted by Crippen LogP contribution is -2.54. The van der Waals surface area contributed by atoms with Gasteiger partial charge in [0.15, 0.2) is 0 Å². The Kier molecular flexibility index (Phi) is 11.2. The van der Waals surface area contributed by atoms with Crippen molar-refractivity contribution in [3.8, 4) is 11.5 Å². The minimum Gasteiger partial charge on any atom is -0.496 e. The highest BCUT2D eigenvalue weighted by Crippen LogP contribution is 2.44. The number of aryl methyl sites for hydroxylation is 1. The Morgan fingerprint density at radius 2 is 1.61 bits per heavy atom. The second-order valence-corrected chi connectivity index (χ2v) is 13.7. The zero-order valence-corrected chi connectivity index (χ0v) is 28.3. The van der Waals surface area contributed by atoms with E-state index in [0.717, 1.165) is 57.2 Å². The van der Waals surface area contributed by atoms with Gasteiger partial charge in [0.2, 0.25) is 0 Å². The number of rotatable bonds is 11. The molecule has 3 aromatic rings. The molecule has 5 rings (SSSR count). The fourth-order valence-corrected chi connectivity index (χ4v) is 8.26. The van der Waals surface area contributed by atoms with E-state index in [9.17, 15) is 5.11 Å². The molecule has 2 aliphatic heterocycles. The van der Waals surface area contributed by atoms with Gasteiger partial charge in [0, 0.05) is 18.1 Å². The van der Waals surface area contributed by atoms with Crippen LogP contribution < -0.4 is 9.47 Å². The molecule has 0 bridgehead atoms. The summed E-state index contributed by atoms with van der Waals surface area (Å²) in [5.41, 5.74) is 3.79. The van der Waals surface area contributed by atoms with Gasteiger partial charge >= 0.3 is 0 Å². The number of hydrogen-bond acceptors (Lipinski definition) is 5. The Hall–Kier alpha value is -1.40. The number of halogens is 2. The first-order valence-electron chi connectivity index (χ1n) is 14.7. The lowest BCUT2D eigenvalue weighted by molar-refractivity contribution is -0.0868. The number of benzene rings is 3. The summed E-state index contributed by atoms with van der Waals surface area (Å²) in [6.07, 6.45) is 7.86. The van der Waals surface area contributed by atoms with Crippen LogP contribution in [0.4, 0.5) is 0 Å². The molecule has 0 radical (unpaired) electrons. The van der Waals surface area contributed by atoms with E-state index in [4.69, 9.17) is 14.2 Å². The monoisotopic (exact) mass is 781 g/mol. The average Bonchev–Trinajstić information content (AvgIpc) is 2.99. The largest absolute Gasteiger partial charge is 0.496 e. The van der Waals surface area contributed by atoms with Crippen molar-refractivity contribution in [3.05, 3.63) is 90.6 Å². The number of hydrogen-bond donors (Lipinski definition) is 1. The Morgan fingerprint density at radius 3 is 2.32 bits per heavy atom. The van der Waals surface area contributed by atoms with Gasteiger partial charge in [-0.3, -0.25) is 4.90 Å². The van der Waals surface area contributed by atoms with Crippen LogP contribution in [0, 0.1) is 7.14 Å². The summed E-state index contributed by atoms with van der Waals surface area (Å²) in [7, 11) is 3.44. The van der Waals surface area contributed by atoms with Crippen molar-refractivity contribution in [2.24, 2.45) is 0 Å². The molecular weight excluding hydrogens is 740 g/mol. The molecule has 5 nitrogen and oxygen atoms in total. The standard InChI is InChI=1S/C34H41I2NO4/c1-39-33-15-12-23(17-30(33)35)11-14-28(38)19-26-9-6-10-27-20-29(41-22-24-7-4-3-5-8-24)21-32(37(26)27)25-13-16-34(40-2)31(36)18-25/h3-5,7-8,12-13,15-18,26-29,32,38H,6,9-11,14,19-22H2,1-2H3/t26-,27-,28+,29-,32+/m0/s1. The predicted molar refractivity (Wildman–Crippen MR) is 181 cm³/mol. The van der Waals surface area contributed by atoms with Crippen LogP contribution in [0.2, 0.25) is 0 Å². The molecule has 0 aliphatic carbocycles. The summed E-state index contributed by atoms with van der Waals surface area (Å²) in [6, 6.07) is 24.5. The van der Waals surface area contributed by atoms with E-state index < -0.39 is 0 Å². The maximum atomic E-state index is 11.3. The van der Waals surface area contributed by atoms with E-state index in [2.05, 4.69) is 111 Å². The Bertz CT molecular complexity index is 1270. The lowest BCUT2D eigenvalue weighted by atomic mass is 9.80. The second kappa shape index (κ2) is 14.9. The van der Waals surface area contributed by atoms with Crippen LogP contribution in [0.25, 0.3) is 0 Å². The van der Waals surface area contributed by atoms with Crippen LogP contribution >= 0.6 is 45.2 Å². The van der Waals surface area contributed by atoms with Crippen molar-refractivity contribution >= 4 is 45.2 Å². The summed E-state index contributed by atoms with van der Waals surface area (Å²) in [6.45, 7) is 0.650. The molecule has 2 aliphatic rings. The smallest absolute Gasteiger partial charge is 0.132 e. The molecule has 0 aromatic heterocycles. The molecule has 0 spiro atoms. The summed E-state index contributed by atoms with van der Waals surface area (Å²) >= 11 is 4.70. The van der Waals surface area contributed by atoms with Gasteiger partial charge in [-0.2, -0.15) is 0 Å². The highest BCUT2D eigenvalue weighted by atomic mass is 127. The third kappa shape index (κ3) is 7.96. The second-order valence-electron chi connectivity index (χ2n) is 11.4. The summed E-state index contributed by atoms with van der Waals surface area (Å²) in [5.74, 6) is 1.82. The number of fused-ring (bicyclic) bond motifs is 1. The van der Waals surface area contributed by atoms with Crippen LogP contribution in [0.1, 0.15) is 67.7 Å². The molecule has 2 heterocycles. The molecule has 2 fully saturated rings. The molecule has 7 heteroatoms. The molecule has 5 atom stereocenters. The number of piperidine rings is 2. The van der Waals surface area contributed by atoms with Gasteiger partial charge in [-0.05, 0) is 131 Å². The van der Waals surface area contributed by atoms with E-state index in [1.54, 1.807) is 14.2 Å². The third-order valence-corrected chi connectivity index (χ3v) is 10.4. The predicted octanol–water partition coefficient (Wildman–Crippen LogP) is 7.94. The lowest BCUT2D eigenvalue weighted by Gasteiger charge is -2.52. The number of nitrogens with zero attached hydrogens (tertiary/aromatic N) is 1. The van der Waals surface area contributed by atoms with Gasteiger partial charge in [-0.1, -0.05) is 48.9 Å². The fraction of sp³-hybridized carbons (Fsp3) is 0.471. The third-order valence-electron chi connectivity index (χ3n) is 8.71. The Morgan fingerprint density at radius 1 is 0.878 bits per heavy atom. The fourth-order valence-electron chi connectivity index (χ4n) is 6.70. The van der Waals surface area contributed by atoms with Crippen molar-refractivity contribution in [3.63, 3.8) is 0 Å². The number of ether oxygens (including phenoxy) is 3. The van der Waals surface area contributed by atoms with E-state index in [0.29, 0.717) is 18.7 Å². The summed E-state index contributed by atoms with van der Waals surface area (Å²) in [5, 5.41) is 11.3. The Balaban J connectivity index is 1.31. The van der Waals surface area contributed by atoms with E-state index >= 15 is 0 Å². The van der Waals surface area contributed by atoms with Gasteiger partial charge in [-0.25, -0.2) is 0 Å². The maximum absolute atomic E-state index is 11.3. The molecule has 3 aromatic carbocycles. The zero-order chi connectivity index (χ0) is 28.8. The molecule has 0 amide bonds. The highest BCUT2D eigenvalue weighted by molar-refractivity contribution is 14.1. The van der Waals surface area contributed by atoms with Gasteiger partial charge in [-0.15, -0.1) is 0 Å². The molecule has 0 unspecified atom stereocenters. The van der Waals surface area contributed by atoms with E-state index in [1.165, 1.54) is 29.5 Å². The van der Waals surface area contributed by atoms with Crippen molar-refractivity contribution in [2.75, 3.05) is 14.2 Å². The minimum atomic E-state index is -0.331. The number of aliphatic hydroxyl groups excluding tert-OH is 1. The zero-order valence-electron chi connectivity index (χ0n) is 24.0. The molecule has 41 heavy (non-hydrogen) atoms. The highest BCUT2D eigenvalue weighted by Gasteiger charge is 2.43. The van der Waals surface area contributed by atoms with Crippen LogP contribution in [-0.4, -0.2) is 48.5 Å². The van der Waals surface area contributed by atoms with Gasteiger partial charge in [0.25, 0.3) is 0 Å². The first kappa shape index (κ1) is 31.0. The molecular formula is C34H41I2NO4. The summed E-state index contributed by atoms with van der Waals surface area (Å²) < 4.78 is 19.8. The molecule has 1 N–H and O–H groups in total. The van der Waals surface area contributed by atoms with Crippen molar-refractivity contribution in [1.82, 2.24) is 4.90 Å². The molecule has 220 valence electrons. The normalized spacial score (nSPS) is 23.5. The van der Waals surface area contributed by atoms with Crippen LogP contribution in [0.3, 0.4) is 0 Å². The maximum Gasteiger partial charge on any atom is 0.132 e. The Labute approximate surface area is 272 Å². The van der Waals surface area contributed by atoms with Crippen molar-refractivity contribution < 1.29 is 19.3 Å². The van der Waals surface area contributed by atoms with Crippen LogP contribution in [-0.2, 0) is 17.8 Å². The number of aliphatic hydroxyl groups is 1. The number of methoxy groups -OCH3 is 2. The van der Waals surface area contributed by atoms with E-state index in [-0.39, 0.29) is 18.2 Å². The van der Waals surface area contributed by atoms with Crippen LogP contribution in [0.5, 0.6) is 11.5 Å². The topological polar surface area (TPSA) is 51.2 Å². The SMILES string of the molecule is COc1ccc(CC[C@@H](O)C[C@@H]2CCC[C@H]3C[C@H](OCc4ccccc4)C[C@H](c4ccc(OC)c(I)c4)N23)cc1I. The van der Waals surface area contributed by atoms with Crippen molar-refractivity contribution in [2.45, 2.75) is 88.3 Å². The summed E-state index contributed by atoms with van der Waals surface area (Å²) in [4.78, 5) is 2.75. The van der Waals surface area contributed by atoms with E-state index in [1.807, 2.05) is 6.07 Å². The van der Waals surface area contributed by atoms with Gasteiger partial charge in [0.05, 0.1) is 40.2 Å². The average molecular weight is 782 g/mol. The first-order valence-corrected chi connectivity index (χ1v) is 16.9. The quantitative estimate of drug-likeness (QED) is 0.201. The van der Waals surface area contributed by atoms with Crippen LogP contribution in [0.15, 0.2) is 66.7 Å². The van der Waals surface area contributed by atoms with Crippen molar-refractivity contribution in [1.29, 1.82) is 0 Å². The first-order chi connectivity index (χ1) is 19.9.